The summed E-state index contributed by atoms with van der Waals surface area (Å²) >= 11 is 0. The van der Waals surface area contributed by atoms with E-state index in [-0.39, 0.29) is 0 Å². The Balaban J connectivity index is 3.71. The maximum absolute atomic E-state index is 5.73. The summed E-state index contributed by atoms with van der Waals surface area (Å²) in [6.45, 7) is 14.6. The van der Waals surface area contributed by atoms with Crippen LogP contribution in [0.25, 0.3) is 0 Å². The van der Waals surface area contributed by atoms with Crippen LogP contribution in [0.5, 0.6) is 0 Å². The molecule has 0 rings (SSSR count). The first-order valence-corrected chi connectivity index (χ1v) is 6.91. The predicted molar refractivity (Wildman–Crippen MR) is 73.7 cm³/mol. The minimum atomic E-state index is 0.327. The summed E-state index contributed by atoms with van der Waals surface area (Å²) in [5, 5.41) is 0. The first-order chi connectivity index (χ1) is 7.46. The number of hydrogen-bond donors (Lipinski definition) is 1. The van der Waals surface area contributed by atoms with Gasteiger partial charge in [-0.15, -0.1) is 0 Å². The van der Waals surface area contributed by atoms with Crippen molar-refractivity contribution in [3.8, 4) is 0 Å². The summed E-state index contributed by atoms with van der Waals surface area (Å²) in [5.74, 6) is 0. The summed E-state index contributed by atoms with van der Waals surface area (Å²) < 4.78 is 0. The van der Waals surface area contributed by atoms with E-state index < -0.39 is 0 Å². The van der Waals surface area contributed by atoms with E-state index in [4.69, 9.17) is 5.73 Å². The van der Waals surface area contributed by atoms with Crippen molar-refractivity contribution in [3.05, 3.63) is 0 Å². The molecule has 0 radical (unpaired) electrons. The molecule has 0 aliphatic rings. The maximum atomic E-state index is 5.73. The molecule has 1 atom stereocenters. The van der Waals surface area contributed by atoms with Crippen LogP contribution in [0.15, 0.2) is 0 Å². The van der Waals surface area contributed by atoms with Gasteiger partial charge in [0.2, 0.25) is 0 Å². The normalized spacial score (nSPS) is 14.4. The molecule has 0 saturated heterocycles. The van der Waals surface area contributed by atoms with Crippen molar-refractivity contribution in [1.82, 2.24) is 4.90 Å². The predicted octanol–water partition coefficient (Wildman–Crippen LogP) is 3.26. The second-order valence-electron chi connectivity index (χ2n) is 5.71. The second-order valence-corrected chi connectivity index (χ2v) is 5.71. The van der Waals surface area contributed by atoms with Crippen LogP contribution in [0.3, 0.4) is 0 Å². The highest BCUT2D eigenvalue weighted by Gasteiger charge is 2.15. The quantitative estimate of drug-likeness (QED) is 0.614. The van der Waals surface area contributed by atoms with Gasteiger partial charge in [0.05, 0.1) is 0 Å². The molecule has 2 N–H and O–H groups in total. The lowest BCUT2D eigenvalue weighted by molar-refractivity contribution is 0.205. The van der Waals surface area contributed by atoms with Crippen LogP contribution in [-0.2, 0) is 0 Å². The Morgan fingerprint density at radius 1 is 1.19 bits per heavy atom. The molecule has 0 heterocycles. The third kappa shape index (κ3) is 6.49. The van der Waals surface area contributed by atoms with Crippen molar-refractivity contribution in [3.63, 3.8) is 0 Å². The molecule has 16 heavy (non-hydrogen) atoms. The molecule has 2 heteroatoms. The van der Waals surface area contributed by atoms with E-state index in [1.54, 1.807) is 0 Å². The number of nitrogens with zero attached hydrogens (tertiary/aromatic N) is 1. The molecule has 1 unspecified atom stereocenters. The zero-order valence-corrected chi connectivity index (χ0v) is 12.1. The Labute approximate surface area is 103 Å². The Bertz CT molecular complexity index is 166. The van der Waals surface area contributed by atoms with Gasteiger partial charge in [0.1, 0.15) is 0 Å². The van der Waals surface area contributed by atoms with Crippen LogP contribution >= 0.6 is 0 Å². The van der Waals surface area contributed by atoms with Gasteiger partial charge in [0.15, 0.2) is 0 Å². The highest BCUT2D eigenvalue weighted by Crippen LogP contribution is 2.21. The third-order valence-electron chi connectivity index (χ3n) is 3.72. The van der Waals surface area contributed by atoms with Gasteiger partial charge in [-0.3, -0.25) is 0 Å². The Hall–Kier alpha value is -0.0800. The molecule has 0 aliphatic heterocycles. The molecule has 2 nitrogen and oxygen atoms in total. The third-order valence-corrected chi connectivity index (χ3v) is 3.72. The highest BCUT2D eigenvalue weighted by molar-refractivity contribution is 4.70. The average molecular weight is 228 g/mol. The minimum Gasteiger partial charge on any atom is -0.330 e. The molecule has 0 bridgehead atoms. The lowest BCUT2D eigenvalue weighted by Crippen LogP contribution is -2.33. The summed E-state index contributed by atoms with van der Waals surface area (Å²) in [6, 6.07) is 0.729. The van der Waals surface area contributed by atoms with Crippen LogP contribution in [-0.4, -0.2) is 30.6 Å². The number of rotatable bonds is 9. The summed E-state index contributed by atoms with van der Waals surface area (Å²) in [5.41, 5.74) is 6.06. The van der Waals surface area contributed by atoms with E-state index in [2.05, 4.69) is 39.5 Å². The van der Waals surface area contributed by atoms with Gasteiger partial charge >= 0.3 is 0 Å². The molecule has 0 aromatic rings. The first-order valence-electron chi connectivity index (χ1n) is 6.91. The fraction of sp³-hybridized carbons (Fsp3) is 1.00. The minimum absolute atomic E-state index is 0.327. The standard InChI is InChI=1S/C14H32N2/c1-6-13(3)16(7-2)11-9-8-10-14(4,5)12-15/h13H,6-12,15H2,1-5H3. The molecule has 0 saturated carbocycles. The lowest BCUT2D eigenvalue weighted by atomic mass is 9.87. The fourth-order valence-corrected chi connectivity index (χ4v) is 1.97. The maximum Gasteiger partial charge on any atom is 0.00641 e. The van der Waals surface area contributed by atoms with E-state index >= 15 is 0 Å². The fourth-order valence-electron chi connectivity index (χ4n) is 1.97. The summed E-state index contributed by atoms with van der Waals surface area (Å²) in [4.78, 5) is 2.58. The van der Waals surface area contributed by atoms with Crippen LogP contribution in [0.1, 0.15) is 60.3 Å². The van der Waals surface area contributed by atoms with Gasteiger partial charge in [0, 0.05) is 6.04 Å². The van der Waals surface area contributed by atoms with Gasteiger partial charge in [-0.25, -0.2) is 0 Å². The number of unbranched alkanes of at least 4 members (excludes halogenated alkanes) is 1. The van der Waals surface area contributed by atoms with E-state index in [0.29, 0.717) is 5.41 Å². The molecular formula is C14H32N2. The van der Waals surface area contributed by atoms with Crippen LogP contribution < -0.4 is 5.73 Å². The highest BCUT2D eigenvalue weighted by atomic mass is 15.1. The Kier molecular flexibility index (Phi) is 8.04. The first kappa shape index (κ1) is 15.9. The average Bonchev–Trinajstić information content (AvgIpc) is 2.28. The molecule has 0 fully saturated rings. The van der Waals surface area contributed by atoms with Gasteiger partial charge < -0.3 is 10.6 Å². The van der Waals surface area contributed by atoms with Gasteiger partial charge in [0.25, 0.3) is 0 Å². The monoisotopic (exact) mass is 228 g/mol. The summed E-state index contributed by atoms with van der Waals surface area (Å²) in [7, 11) is 0. The largest absolute Gasteiger partial charge is 0.330 e. The Morgan fingerprint density at radius 3 is 2.25 bits per heavy atom. The zero-order chi connectivity index (χ0) is 12.6. The van der Waals surface area contributed by atoms with E-state index in [1.807, 2.05) is 0 Å². The molecule has 0 aromatic heterocycles. The van der Waals surface area contributed by atoms with E-state index in [9.17, 15) is 0 Å². The molecular weight excluding hydrogens is 196 g/mol. The van der Waals surface area contributed by atoms with Crippen LogP contribution in [0.4, 0.5) is 0 Å². The zero-order valence-electron chi connectivity index (χ0n) is 12.1. The van der Waals surface area contributed by atoms with Gasteiger partial charge in [-0.1, -0.05) is 34.1 Å². The van der Waals surface area contributed by atoms with Crippen LogP contribution in [0.2, 0.25) is 0 Å². The number of hydrogen-bond acceptors (Lipinski definition) is 2. The summed E-state index contributed by atoms with van der Waals surface area (Å²) in [6.07, 6.45) is 5.11. The molecule has 0 aromatic carbocycles. The lowest BCUT2D eigenvalue weighted by Gasteiger charge is -2.28. The number of nitrogens with two attached hydrogens (primary N) is 1. The van der Waals surface area contributed by atoms with E-state index in [0.717, 1.165) is 12.6 Å². The van der Waals surface area contributed by atoms with Crippen molar-refractivity contribution < 1.29 is 0 Å². The topological polar surface area (TPSA) is 29.3 Å². The molecule has 0 aliphatic carbocycles. The van der Waals surface area contributed by atoms with Gasteiger partial charge in [-0.2, -0.15) is 0 Å². The van der Waals surface area contributed by atoms with Crippen molar-refractivity contribution in [2.45, 2.75) is 66.3 Å². The molecule has 0 spiro atoms. The SMILES string of the molecule is CCC(C)N(CC)CCCCC(C)(C)CN. The smallest absolute Gasteiger partial charge is 0.00641 e. The van der Waals surface area contributed by atoms with Crippen molar-refractivity contribution in [1.29, 1.82) is 0 Å². The van der Waals surface area contributed by atoms with Crippen molar-refractivity contribution >= 4 is 0 Å². The van der Waals surface area contributed by atoms with Crippen molar-refractivity contribution in [2.24, 2.45) is 11.1 Å². The molecule has 0 amide bonds. The van der Waals surface area contributed by atoms with Gasteiger partial charge in [-0.05, 0) is 51.2 Å². The molecule has 98 valence electrons. The van der Waals surface area contributed by atoms with Crippen LogP contribution in [0, 0.1) is 5.41 Å². The van der Waals surface area contributed by atoms with E-state index in [1.165, 1.54) is 38.8 Å². The second kappa shape index (κ2) is 8.08. The Morgan fingerprint density at radius 2 is 1.81 bits per heavy atom. The van der Waals surface area contributed by atoms with Crippen molar-refractivity contribution in [2.75, 3.05) is 19.6 Å².